The van der Waals surface area contributed by atoms with E-state index in [1.807, 2.05) is 0 Å². The molecule has 0 spiro atoms. The van der Waals surface area contributed by atoms with Crippen LogP contribution in [0, 0.1) is 28.6 Å². The van der Waals surface area contributed by atoms with Gasteiger partial charge in [0, 0.05) is 23.8 Å². The second kappa shape index (κ2) is 9.07. The van der Waals surface area contributed by atoms with E-state index in [1.165, 1.54) is 5.54 Å². The Bertz CT molecular complexity index is 851. The van der Waals surface area contributed by atoms with E-state index in [-0.39, 0.29) is 13.2 Å². The van der Waals surface area contributed by atoms with Crippen LogP contribution in [0.25, 0.3) is 0 Å². The summed E-state index contributed by atoms with van der Waals surface area (Å²) >= 11 is 5.51. The number of carbonyl (C=O) groups excluding carboxylic acids is 2. The van der Waals surface area contributed by atoms with E-state index in [1.54, 1.807) is 43.7 Å². The lowest BCUT2D eigenvalue weighted by Gasteiger charge is -2.04. The van der Waals surface area contributed by atoms with Gasteiger partial charge in [0.2, 0.25) is 5.83 Å². The molecule has 1 aromatic rings. The quantitative estimate of drug-likeness (QED) is 0.482. The molecule has 1 heterocycles. The van der Waals surface area contributed by atoms with Crippen molar-refractivity contribution in [3.63, 3.8) is 0 Å². The molecule has 1 aliphatic carbocycles. The van der Waals surface area contributed by atoms with Gasteiger partial charge in [-0.25, -0.2) is 4.79 Å². The molecule has 1 fully saturated rings. The van der Waals surface area contributed by atoms with Gasteiger partial charge in [-0.15, -0.1) is 0 Å². The van der Waals surface area contributed by atoms with Crippen LogP contribution in [0.1, 0.15) is 32.0 Å². The van der Waals surface area contributed by atoms with E-state index in [0.717, 1.165) is 6.08 Å². The highest BCUT2D eigenvalue weighted by molar-refractivity contribution is 6.25. The normalized spacial score (nSPS) is 20.6. The Morgan fingerprint density at radius 3 is 2.75 bits per heavy atom. The summed E-state index contributed by atoms with van der Waals surface area (Å²) in [4.78, 5) is 23.8. The molecule has 8 heteroatoms. The van der Waals surface area contributed by atoms with Crippen molar-refractivity contribution in [2.75, 3.05) is 6.61 Å². The summed E-state index contributed by atoms with van der Waals surface area (Å²) in [5, 5.41) is 9.16. The minimum absolute atomic E-state index is 0.00548. The molecule has 6 nitrogen and oxygen atoms in total. The van der Waals surface area contributed by atoms with Crippen LogP contribution in [0.2, 0.25) is 0 Å². The first kappa shape index (κ1) is 21.7. The van der Waals surface area contributed by atoms with Crippen molar-refractivity contribution in [1.82, 2.24) is 4.57 Å². The van der Waals surface area contributed by atoms with E-state index in [9.17, 15) is 14.0 Å². The maximum atomic E-state index is 13.9. The fourth-order valence-electron chi connectivity index (χ4n) is 3.15. The van der Waals surface area contributed by atoms with Crippen molar-refractivity contribution in [3.05, 3.63) is 47.0 Å². The first-order chi connectivity index (χ1) is 13.3. The Morgan fingerprint density at radius 2 is 2.14 bits per heavy atom. The molecule has 0 unspecified atom stereocenters. The number of ether oxygens (including phenoxy) is 2. The van der Waals surface area contributed by atoms with Gasteiger partial charge >= 0.3 is 11.9 Å². The summed E-state index contributed by atoms with van der Waals surface area (Å²) in [6, 6.07) is 3.69. The number of rotatable bonds is 8. The summed E-state index contributed by atoms with van der Waals surface area (Å²) in [5.74, 6) is -3.51. The monoisotopic (exact) mass is 408 g/mol. The molecule has 0 bridgehead atoms. The first-order valence-electron chi connectivity index (χ1n) is 8.81. The SMILES string of the molecule is CCOC(=O)C(F)=C[C@H]1[C@@H](C(=O)OCc2cc(C#N)n(CC=CCl)c2)C1(C)C. The van der Waals surface area contributed by atoms with Crippen LogP contribution < -0.4 is 0 Å². The highest BCUT2D eigenvalue weighted by atomic mass is 35.5. The fraction of sp³-hybridized carbons (Fsp3) is 0.450. The number of carbonyl (C=O) groups is 2. The lowest BCUT2D eigenvalue weighted by atomic mass is 10.1. The van der Waals surface area contributed by atoms with Gasteiger partial charge in [-0.1, -0.05) is 31.5 Å². The van der Waals surface area contributed by atoms with E-state index < -0.39 is 35.0 Å². The van der Waals surface area contributed by atoms with Gasteiger partial charge in [0.1, 0.15) is 18.4 Å². The molecule has 0 amide bonds. The molecular weight excluding hydrogens is 387 g/mol. The van der Waals surface area contributed by atoms with Gasteiger partial charge in [0.15, 0.2) is 0 Å². The van der Waals surface area contributed by atoms with Crippen LogP contribution in [-0.2, 0) is 32.2 Å². The predicted molar refractivity (Wildman–Crippen MR) is 101 cm³/mol. The molecule has 1 saturated carbocycles. The Balaban J connectivity index is 2.00. The fourth-order valence-corrected chi connectivity index (χ4v) is 3.23. The summed E-state index contributed by atoms with van der Waals surface area (Å²) in [6.07, 6.45) is 4.52. The van der Waals surface area contributed by atoms with Crippen LogP contribution in [-0.4, -0.2) is 23.1 Å². The zero-order valence-corrected chi connectivity index (χ0v) is 16.7. The maximum Gasteiger partial charge on any atom is 0.366 e. The third-order valence-electron chi connectivity index (χ3n) is 4.80. The Morgan fingerprint density at radius 1 is 1.43 bits per heavy atom. The van der Waals surface area contributed by atoms with E-state index in [4.69, 9.17) is 21.6 Å². The molecule has 0 radical (unpaired) electrons. The number of aromatic nitrogens is 1. The second-order valence-corrected chi connectivity index (χ2v) is 7.28. The number of allylic oxidation sites excluding steroid dienone is 2. The number of nitriles is 1. The van der Waals surface area contributed by atoms with E-state index in [0.29, 0.717) is 17.8 Å². The van der Waals surface area contributed by atoms with Gasteiger partial charge in [0.25, 0.3) is 0 Å². The number of nitrogens with zero attached hydrogens (tertiary/aromatic N) is 2. The van der Waals surface area contributed by atoms with Crippen LogP contribution >= 0.6 is 11.6 Å². The van der Waals surface area contributed by atoms with Crippen molar-refractivity contribution in [2.45, 2.75) is 33.9 Å². The number of esters is 2. The number of hydrogen-bond acceptors (Lipinski definition) is 5. The van der Waals surface area contributed by atoms with Gasteiger partial charge in [-0.3, -0.25) is 4.79 Å². The molecule has 28 heavy (non-hydrogen) atoms. The maximum absolute atomic E-state index is 13.9. The Hall–Kier alpha value is -2.59. The molecule has 0 aliphatic heterocycles. The van der Waals surface area contributed by atoms with Gasteiger partial charge in [-0.2, -0.15) is 9.65 Å². The van der Waals surface area contributed by atoms with Crippen LogP contribution in [0.3, 0.4) is 0 Å². The third kappa shape index (κ3) is 4.82. The summed E-state index contributed by atoms with van der Waals surface area (Å²) in [6.45, 7) is 5.70. The Labute approximate surface area is 168 Å². The summed E-state index contributed by atoms with van der Waals surface area (Å²) in [7, 11) is 0. The van der Waals surface area contributed by atoms with Crippen molar-refractivity contribution in [1.29, 1.82) is 5.26 Å². The summed E-state index contributed by atoms with van der Waals surface area (Å²) < 4.78 is 25.5. The standard InChI is InChI=1S/C20H22ClFN2O4/c1-4-27-18(25)16(22)9-15-17(20(15,2)3)19(26)28-12-13-8-14(10-23)24(11-13)7-5-6-21/h5-6,8-9,11,15,17H,4,7,12H2,1-3H3/t15-,17-/m0/s1. The first-order valence-corrected chi connectivity index (χ1v) is 9.25. The zero-order chi connectivity index (χ0) is 20.9. The molecule has 150 valence electrons. The lowest BCUT2D eigenvalue weighted by Crippen LogP contribution is -2.10. The smallest absolute Gasteiger partial charge is 0.366 e. The highest BCUT2D eigenvalue weighted by Gasteiger charge is 2.62. The van der Waals surface area contributed by atoms with Gasteiger partial charge in [0.05, 0.1) is 12.5 Å². The minimum atomic E-state index is -1.03. The van der Waals surface area contributed by atoms with Crippen LogP contribution in [0.4, 0.5) is 4.39 Å². The Kier molecular flexibility index (Phi) is 7.03. The zero-order valence-electron chi connectivity index (χ0n) is 15.9. The largest absolute Gasteiger partial charge is 0.461 e. The van der Waals surface area contributed by atoms with Crippen LogP contribution in [0.5, 0.6) is 0 Å². The van der Waals surface area contributed by atoms with Crippen molar-refractivity contribution < 1.29 is 23.5 Å². The van der Waals surface area contributed by atoms with Crippen molar-refractivity contribution >= 4 is 23.5 Å². The molecule has 0 aromatic carbocycles. The third-order valence-corrected chi connectivity index (χ3v) is 4.98. The second-order valence-electron chi connectivity index (χ2n) is 7.03. The molecule has 1 aromatic heterocycles. The number of hydrogen-bond donors (Lipinski definition) is 0. The van der Waals surface area contributed by atoms with E-state index >= 15 is 0 Å². The van der Waals surface area contributed by atoms with Gasteiger partial charge in [-0.05, 0) is 30.4 Å². The van der Waals surface area contributed by atoms with E-state index in [2.05, 4.69) is 10.8 Å². The topological polar surface area (TPSA) is 81.3 Å². The molecule has 0 saturated heterocycles. The highest BCUT2D eigenvalue weighted by Crippen LogP contribution is 2.60. The molecule has 2 atom stereocenters. The molecular formula is C20H22ClFN2O4. The number of halogens is 2. The molecule has 0 N–H and O–H groups in total. The van der Waals surface area contributed by atoms with Crippen molar-refractivity contribution in [3.8, 4) is 6.07 Å². The summed E-state index contributed by atoms with van der Waals surface area (Å²) in [5.41, 5.74) is 1.93. The average molecular weight is 409 g/mol. The van der Waals surface area contributed by atoms with Gasteiger partial charge < -0.3 is 14.0 Å². The predicted octanol–water partition coefficient (Wildman–Crippen LogP) is 3.84. The average Bonchev–Trinajstić information content (AvgIpc) is 3.01. The molecule has 2 rings (SSSR count). The minimum Gasteiger partial charge on any atom is -0.461 e. The van der Waals surface area contributed by atoms with Crippen LogP contribution in [0.15, 0.2) is 35.8 Å². The van der Waals surface area contributed by atoms with Crippen molar-refractivity contribution in [2.24, 2.45) is 17.3 Å². The lowest BCUT2D eigenvalue weighted by molar-refractivity contribution is -0.147. The molecule has 1 aliphatic rings.